The lowest BCUT2D eigenvalue weighted by Crippen LogP contribution is -2.30. The summed E-state index contributed by atoms with van der Waals surface area (Å²) in [6, 6.07) is 0. The first-order valence-electron chi connectivity index (χ1n) is 5.31. The Kier molecular flexibility index (Phi) is 6.35. The van der Waals surface area contributed by atoms with Gasteiger partial charge in [0.25, 0.3) is 0 Å². The molecule has 0 radical (unpaired) electrons. The normalized spacial score (nSPS) is 18.7. The summed E-state index contributed by atoms with van der Waals surface area (Å²) in [5.74, 6) is 0.951. The molecule has 3 unspecified atom stereocenters. The van der Waals surface area contributed by atoms with Crippen molar-refractivity contribution in [2.75, 3.05) is 6.61 Å². The second-order valence-corrected chi connectivity index (χ2v) is 4.45. The summed E-state index contributed by atoms with van der Waals surface area (Å²) in [5, 5.41) is 18.9. The maximum atomic E-state index is 9.87. The maximum Gasteiger partial charge on any atom is 0.0615 e. The molecule has 0 aromatic heterocycles. The lowest BCUT2D eigenvalue weighted by Gasteiger charge is -2.26. The molecule has 0 saturated heterocycles. The first-order chi connectivity index (χ1) is 6.02. The highest BCUT2D eigenvalue weighted by atomic mass is 16.3. The van der Waals surface area contributed by atoms with E-state index in [0.717, 1.165) is 12.8 Å². The van der Waals surface area contributed by atoms with Crippen molar-refractivity contribution in [3.05, 3.63) is 0 Å². The van der Waals surface area contributed by atoms with Crippen LogP contribution in [-0.2, 0) is 0 Å². The molecule has 0 saturated carbocycles. The quantitative estimate of drug-likeness (QED) is 0.669. The second-order valence-electron chi connectivity index (χ2n) is 4.45. The summed E-state index contributed by atoms with van der Waals surface area (Å²) in [6.07, 6.45) is 1.52. The van der Waals surface area contributed by atoms with Crippen molar-refractivity contribution in [1.82, 2.24) is 0 Å². The minimum Gasteiger partial charge on any atom is -0.396 e. The van der Waals surface area contributed by atoms with Crippen LogP contribution in [0.2, 0.25) is 0 Å². The number of hydrogen-bond acceptors (Lipinski definition) is 2. The first-order valence-corrected chi connectivity index (χ1v) is 5.31. The Balaban J connectivity index is 3.98. The molecule has 13 heavy (non-hydrogen) atoms. The Morgan fingerprint density at radius 2 is 1.69 bits per heavy atom. The second kappa shape index (κ2) is 6.39. The summed E-state index contributed by atoms with van der Waals surface area (Å²) < 4.78 is 0. The molecule has 0 spiro atoms. The highest BCUT2D eigenvalue weighted by Crippen LogP contribution is 2.21. The van der Waals surface area contributed by atoms with Gasteiger partial charge in [-0.3, -0.25) is 0 Å². The summed E-state index contributed by atoms with van der Waals surface area (Å²) in [5.41, 5.74) is 0. The summed E-state index contributed by atoms with van der Waals surface area (Å²) in [6.45, 7) is 8.47. The van der Waals surface area contributed by atoms with Gasteiger partial charge in [0.2, 0.25) is 0 Å². The molecule has 0 bridgehead atoms. The van der Waals surface area contributed by atoms with Crippen LogP contribution >= 0.6 is 0 Å². The van der Waals surface area contributed by atoms with Crippen molar-refractivity contribution in [2.45, 2.75) is 46.6 Å². The number of rotatable bonds is 6. The Labute approximate surface area is 82.0 Å². The predicted molar refractivity (Wildman–Crippen MR) is 55.5 cm³/mol. The fourth-order valence-electron chi connectivity index (χ4n) is 1.83. The lowest BCUT2D eigenvalue weighted by atomic mass is 9.86. The summed E-state index contributed by atoms with van der Waals surface area (Å²) in [4.78, 5) is 0. The van der Waals surface area contributed by atoms with Gasteiger partial charge in [-0.1, -0.05) is 27.7 Å². The fraction of sp³-hybridized carbons (Fsp3) is 1.00. The van der Waals surface area contributed by atoms with Gasteiger partial charge in [-0.2, -0.15) is 0 Å². The van der Waals surface area contributed by atoms with E-state index in [2.05, 4.69) is 20.8 Å². The topological polar surface area (TPSA) is 40.5 Å². The SMILES string of the molecule is CCC(CO)C(O)C(C)CC(C)C. The van der Waals surface area contributed by atoms with Gasteiger partial charge >= 0.3 is 0 Å². The van der Waals surface area contributed by atoms with Gasteiger partial charge in [-0.15, -0.1) is 0 Å². The van der Waals surface area contributed by atoms with Crippen LogP contribution < -0.4 is 0 Å². The maximum absolute atomic E-state index is 9.87. The highest BCUT2D eigenvalue weighted by molar-refractivity contribution is 4.73. The van der Waals surface area contributed by atoms with Crippen LogP contribution in [0, 0.1) is 17.8 Å². The van der Waals surface area contributed by atoms with Crippen molar-refractivity contribution >= 4 is 0 Å². The van der Waals surface area contributed by atoms with Crippen molar-refractivity contribution in [3.8, 4) is 0 Å². The van der Waals surface area contributed by atoms with Gasteiger partial charge in [0, 0.05) is 12.5 Å². The van der Waals surface area contributed by atoms with Crippen LogP contribution in [-0.4, -0.2) is 22.9 Å². The first kappa shape index (κ1) is 12.9. The average molecular weight is 188 g/mol. The monoisotopic (exact) mass is 188 g/mol. The van der Waals surface area contributed by atoms with Gasteiger partial charge in [-0.05, 0) is 24.7 Å². The Hall–Kier alpha value is -0.0800. The lowest BCUT2D eigenvalue weighted by molar-refractivity contribution is 0.0200. The smallest absolute Gasteiger partial charge is 0.0615 e. The van der Waals surface area contributed by atoms with Gasteiger partial charge < -0.3 is 10.2 Å². The highest BCUT2D eigenvalue weighted by Gasteiger charge is 2.23. The van der Waals surface area contributed by atoms with E-state index in [4.69, 9.17) is 5.11 Å². The van der Waals surface area contributed by atoms with Crippen LogP contribution in [0.5, 0.6) is 0 Å². The molecule has 0 aliphatic heterocycles. The largest absolute Gasteiger partial charge is 0.396 e. The van der Waals surface area contributed by atoms with Crippen LogP contribution in [0.3, 0.4) is 0 Å². The standard InChI is InChI=1S/C11H24O2/c1-5-10(7-12)11(13)9(4)6-8(2)3/h8-13H,5-7H2,1-4H3. The Morgan fingerprint density at radius 1 is 1.15 bits per heavy atom. The molecule has 80 valence electrons. The van der Waals surface area contributed by atoms with E-state index in [-0.39, 0.29) is 24.5 Å². The molecule has 0 aromatic rings. The molecule has 0 aromatic carbocycles. The summed E-state index contributed by atoms with van der Waals surface area (Å²) in [7, 11) is 0. The number of aliphatic hydroxyl groups excluding tert-OH is 2. The van der Waals surface area contributed by atoms with E-state index >= 15 is 0 Å². The third kappa shape index (κ3) is 4.63. The van der Waals surface area contributed by atoms with Crippen molar-refractivity contribution in [3.63, 3.8) is 0 Å². The third-order valence-electron chi connectivity index (χ3n) is 2.67. The van der Waals surface area contributed by atoms with Gasteiger partial charge in [0.15, 0.2) is 0 Å². The zero-order valence-corrected chi connectivity index (χ0v) is 9.33. The third-order valence-corrected chi connectivity index (χ3v) is 2.67. The predicted octanol–water partition coefficient (Wildman–Crippen LogP) is 2.05. The molecule has 2 nitrogen and oxygen atoms in total. The van der Waals surface area contributed by atoms with Crippen molar-refractivity contribution < 1.29 is 10.2 Å². The number of hydrogen-bond donors (Lipinski definition) is 2. The minimum atomic E-state index is -0.350. The Bertz CT molecular complexity index is 119. The molecule has 0 rings (SSSR count). The number of aliphatic hydroxyl groups is 2. The molecule has 2 N–H and O–H groups in total. The molecule has 0 aliphatic carbocycles. The zero-order chi connectivity index (χ0) is 10.4. The van der Waals surface area contributed by atoms with E-state index in [1.807, 2.05) is 6.92 Å². The van der Waals surface area contributed by atoms with E-state index in [9.17, 15) is 5.11 Å². The van der Waals surface area contributed by atoms with E-state index in [0.29, 0.717) is 5.92 Å². The minimum absolute atomic E-state index is 0.0498. The van der Waals surface area contributed by atoms with Crippen LogP contribution in [0.25, 0.3) is 0 Å². The molecule has 2 heteroatoms. The molecule has 0 aliphatic rings. The molecule has 0 amide bonds. The average Bonchev–Trinajstić information content (AvgIpc) is 2.05. The molecule has 0 heterocycles. The molecular weight excluding hydrogens is 164 g/mol. The van der Waals surface area contributed by atoms with Gasteiger partial charge in [0.1, 0.15) is 0 Å². The van der Waals surface area contributed by atoms with E-state index in [1.165, 1.54) is 0 Å². The zero-order valence-electron chi connectivity index (χ0n) is 9.33. The van der Waals surface area contributed by atoms with Crippen LogP contribution in [0.15, 0.2) is 0 Å². The molecule has 0 fully saturated rings. The Morgan fingerprint density at radius 3 is 2.00 bits per heavy atom. The van der Waals surface area contributed by atoms with Crippen molar-refractivity contribution in [1.29, 1.82) is 0 Å². The van der Waals surface area contributed by atoms with E-state index < -0.39 is 0 Å². The summed E-state index contributed by atoms with van der Waals surface area (Å²) >= 11 is 0. The molecule has 3 atom stereocenters. The van der Waals surface area contributed by atoms with Crippen molar-refractivity contribution in [2.24, 2.45) is 17.8 Å². The van der Waals surface area contributed by atoms with Crippen LogP contribution in [0.4, 0.5) is 0 Å². The molecular formula is C11H24O2. The van der Waals surface area contributed by atoms with E-state index in [1.54, 1.807) is 0 Å². The van der Waals surface area contributed by atoms with Crippen LogP contribution in [0.1, 0.15) is 40.5 Å². The van der Waals surface area contributed by atoms with Gasteiger partial charge in [-0.25, -0.2) is 0 Å². The fourth-order valence-corrected chi connectivity index (χ4v) is 1.83. The van der Waals surface area contributed by atoms with Gasteiger partial charge in [0.05, 0.1) is 6.10 Å².